The van der Waals surface area contributed by atoms with Gasteiger partial charge in [0.15, 0.2) is 13.2 Å². The van der Waals surface area contributed by atoms with Crippen LogP contribution >= 0.6 is 23.2 Å². The molecule has 0 aromatic heterocycles. The average molecular weight is 543 g/mol. The van der Waals surface area contributed by atoms with Gasteiger partial charge in [-0.05, 0) is 56.4 Å². The van der Waals surface area contributed by atoms with Crippen molar-refractivity contribution in [1.29, 1.82) is 0 Å². The third-order valence-electron chi connectivity index (χ3n) is 7.24. The third kappa shape index (κ3) is 5.38. The lowest BCUT2D eigenvalue weighted by molar-refractivity contribution is -0.160. The van der Waals surface area contributed by atoms with Gasteiger partial charge in [-0.25, -0.2) is 8.78 Å². The van der Waals surface area contributed by atoms with E-state index < -0.39 is 28.8 Å². The van der Waals surface area contributed by atoms with Crippen LogP contribution in [-0.4, -0.2) is 59.3 Å². The van der Waals surface area contributed by atoms with Crippen molar-refractivity contribution >= 4 is 35.0 Å². The van der Waals surface area contributed by atoms with Crippen molar-refractivity contribution in [2.45, 2.75) is 49.3 Å². The zero-order chi connectivity index (χ0) is 26.1. The number of nitrogens with one attached hydrogen (secondary N) is 1. The molecule has 2 amide bonds. The molecule has 3 saturated carbocycles. The molecule has 5 rings (SSSR count). The quantitative estimate of drug-likeness (QED) is 0.523. The highest BCUT2D eigenvalue weighted by atomic mass is 35.5. The van der Waals surface area contributed by atoms with Gasteiger partial charge < -0.3 is 24.8 Å². The van der Waals surface area contributed by atoms with Gasteiger partial charge in [-0.3, -0.25) is 9.59 Å². The SMILES string of the molecule is CN(C(=O)COc1ccc(Cl)c(F)c1)C12CCC(NC(=O)COc3ccc(Cl)c(F)c3)(CC1)C[C@@H]2O. The molecule has 2 aromatic rings. The lowest BCUT2D eigenvalue weighted by Gasteiger charge is -2.59. The Morgan fingerprint density at radius 2 is 1.53 bits per heavy atom. The molecule has 0 heterocycles. The van der Waals surface area contributed by atoms with Gasteiger partial charge in [0.05, 0.1) is 21.7 Å². The van der Waals surface area contributed by atoms with E-state index in [9.17, 15) is 23.5 Å². The molecule has 7 nitrogen and oxygen atoms in total. The van der Waals surface area contributed by atoms with Crippen molar-refractivity contribution in [3.63, 3.8) is 0 Å². The molecule has 2 bridgehead atoms. The Morgan fingerprint density at radius 3 is 2.03 bits per heavy atom. The van der Waals surface area contributed by atoms with E-state index in [4.69, 9.17) is 32.7 Å². The summed E-state index contributed by atoms with van der Waals surface area (Å²) in [5, 5.41) is 13.9. The second-order valence-electron chi connectivity index (χ2n) is 9.33. The number of rotatable bonds is 8. The normalized spacial score (nSPS) is 24.8. The lowest BCUT2D eigenvalue weighted by atomic mass is 9.59. The summed E-state index contributed by atoms with van der Waals surface area (Å²) in [6.07, 6.45) is 1.49. The maximum Gasteiger partial charge on any atom is 0.260 e. The van der Waals surface area contributed by atoms with E-state index in [1.54, 1.807) is 7.05 Å². The minimum atomic E-state index is -0.867. The number of aliphatic hydroxyl groups is 1. The van der Waals surface area contributed by atoms with Crippen LogP contribution < -0.4 is 14.8 Å². The van der Waals surface area contributed by atoms with E-state index >= 15 is 0 Å². The summed E-state index contributed by atoms with van der Waals surface area (Å²) < 4.78 is 38.0. The number of carbonyl (C=O) groups excluding carboxylic acids is 2. The first-order chi connectivity index (χ1) is 17.0. The number of fused-ring (bicyclic) bond motifs is 3. The Kier molecular flexibility index (Phi) is 7.64. The Labute approximate surface area is 217 Å². The van der Waals surface area contributed by atoms with Crippen LogP contribution in [0.1, 0.15) is 32.1 Å². The molecule has 3 aliphatic rings. The highest BCUT2D eigenvalue weighted by Gasteiger charge is 2.57. The first kappa shape index (κ1) is 26.4. The molecule has 1 atom stereocenters. The van der Waals surface area contributed by atoms with Gasteiger partial charge >= 0.3 is 0 Å². The van der Waals surface area contributed by atoms with Gasteiger partial charge in [-0.1, -0.05) is 23.2 Å². The van der Waals surface area contributed by atoms with Gasteiger partial charge in [0.25, 0.3) is 11.8 Å². The summed E-state index contributed by atoms with van der Waals surface area (Å²) >= 11 is 11.3. The largest absolute Gasteiger partial charge is 0.484 e. The summed E-state index contributed by atoms with van der Waals surface area (Å²) in [5.74, 6) is -1.68. The molecule has 3 fully saturated rings. The Balaban J connectivity index is 1.32. The average Bonchev–Trinajstić information content (AvgIpc) is 2.85. The standard InChI is InChI=1S/C25H26Cl2F2N2O5/c1-31(23(34)14-36-16-3-5-18(27)20(29)11-16)25-8-6-24(7-9-25,12-21(25)32)30-22(33)13-35-15-2-4-17(26)19(28)10-15/h2-5,10-11,21,32H,6-9,12-14H2,1H3,(H,30,33)/t21-,24?,25?/m0/s1. The summed E-state index contributed by atoms with van der Waals surface area (Å²) in [6, 6.07) is 7.84. The van der Waals surface area contributed by atoms with Crippen LogP contribution in [0.15, 0.2) is 36.4 Å². The van der Waals surface area contributed by atoms with E-state index in [0.717, 1.165) is 12.1 Å². The summed E-state index contributed by atoms with van der Waals surface area (Å²) in [4.78, 5) is 26.9. The fraction of sp³-hybridized carbons (Fsp3) is 0.440. The number of benzene rings is 2. The number of hydrogen-bond acceptors (Lipinski definition) is 5. The molecule has 3 aliphatic carbocycles. The second-order valence-corrected chi connectivity index (χ2v) is 10.1. The summed E-state index contributed by atoms with van der Waals surface area (Å²) in [6.45, 7) is -0.637. The second kappa shape index (κ2) is 10.4. The Morgan fingerprint density at radius 1 is 1.00 bits per heavy atom. The number of halogens is 4. The number of nitrogens with zero attached hydrogens (tertiary/aromatic N) is 1. The van der Waals surface area contributed by atoms with Gasteiger partial charge in [0.1, 0.15) is 23.1 Å². The molecule has 2 aromatic carbocycles. The first-order valence-corrected chi connectivity index (χ1v) is 12.2. The number of likely N-dealkylation sites (N-methyl/N-ethyl adjacent to an activating group) is 1. The van der Waals surface area contributed by atoms with Crippen molar-refractivity contribution < 1.29 is 33.0 Å². The molecule has 2 N–H and O–H groups in total. The molecule has 11 heteroatoms. The van der Waals surface area contributed by atoms with Crippen LogP contribution in [0.25, 0.3) is 0 Å². The van der Waals surface area contributed by atoms with Crippen LogP contribution in [-0.2, 0) is 9.59 Å². The van der Waals surface area contributed by atoms with Gasteiger partial charge in [-0.2, -0.15) is 0 Å². The zero-order valence-electron chi connectivity index (χ0n) is 19.5. The number of hydrogen-bond donors (Lipinski definition) is 2. The van der Waals surface area contributed by atoms with Crippen LogP contribution in [0.3, 0.4) is 0 Å². The fourth-order valence-electron chi connectivity index (χ4n) is 5.10. The fourth-order valence-corrected chi connectivity index (χ4v) is 5.33. The highest BCUT2D eigenvalue weighted by molar-refractivity contribution is 6.31. The summed E-state index contributed by atoms with van der Waals surface area (Å²) in [7, 11) is 1.62. The monoisotopic (exact) mass is 542 g/mol. The lowest BCUT2D eigenvalue weighted by Crippen LogP contribution is -2.70. The highest BCUT2D eigenvalue weighted by Crippen LogP contribution is 2.49. The van der Waals surface area contributed by atoms with E-state index in [-0.39, 0.29) is 53.0 Å². The predicted molar refractivity (Wildman–Crippen MR) is 129 cm³/mol. The van der Waals surface area contributed by atoms with Gasteiger partial charge in [0.2, 0.25) is 0 Å². The molecule has 0 unspecified atom stereocenters. The van der Waals surface area contributed by atoms with E-state index in [0.29, 0.717) is 25.7 Å². The molecular weight excluding hydrogens is 517 g/mol. The van der Waals surface area contributed by atoms with Gasteiger partial charge in [-0.15, -0.1) is 0 Å². The van der Waals surface area contributed by atoms with Crippen molar-refractivity contribution in [3.05, 3.63) is 58.1 Å². The van der Waals surface area contributed by atoms with Crippen molar-refractivity contribution in [2.24, 2.45) is 0 Å². The number of ether oxygens (including phenoxy) is 2. The number of aliphatic hydroxyl groups excluding tert-OH is 1. The van der Waals surface area contributed by atoms with Crippen LogP contribution in [0.2, 0.25) is 10.0 Å². The molecule has 36 heavy (non-hydrogen) atoms. The topological polar surface area (TPSA) is 88.1 Å². The van der Waals surface area contributed by atoms with Crippen molar-refractivity contribution in [3.8, 4) is 11.5 Å². The van der Waals surface area contributed by atoms with Crippen LogP contribution in [0.4, 0.5) is 8.78 Å². The maximum absolute atomic E-state index is 13.6. The minimum absolute atomic E-state index is 0.0403. The van der Waals surface area contributed by atoms with E-state index in [1.165, 1.54) is 29.2 Å². The molecule has 0 saturated heterocycles. The Hall–Kier alpha value is -2.62. The maximum atomic E-state index is 13.6. The molecule has 194 valence electrons. The Bertz CT molecular complexity index is 1160. The molecule has 0 radical (unpaired) electrons. The third-order valence-corrected chi connectivity index (χ3v) is 7.85. The first-order valence-electron chi connectivity index (χ1n) is 11.5. The minimum Gasteiger partial charge on any atom is -0.484 e. The molecule has 0 spiro atoms. The smallest absolute Gasteiger partial charge is 0.260 e. The summed E-state index contributed by atoms with van der Waals surface area (Å²) in [5.41, 5.74) is -1.40. The number of amides is 2. The van der Waals surface area contributed by atoms with Crippen molar-refractivity contribution in [2.75, 3.05) is 20.3 Å². The van der Waals surface area contributed by atoms with E-state index in [1.807, 2.05) is 0 Å². The molecule has 0 aliphatic heterocycles. The molecular formula is C25H26Cl2F2N2O5. The zero-order valence-corrected chi connectivity index (χ0v) is 21.0. The van der Waals surface area contributed by atoms with Gasteiger partial charge in [0, 0.05) is 24.7 Å². The van der Waals surface area contributed by atoms with E-state index in [2.05, 4.69) is 5.32 Å². The van der Waals surface area contributed by atoms with Crippen LogP contribution in [0, 0.1) is 11.6 Å². The van der Waals surface area contributed by atoms with Crippen molar-refractivity contribution in [1.82, 2.24) is 10.2 Å². The van der Waals surface area contributed by atoms with Crippen LogP contribution in [0.5, 0.6) is 11.5 Å². The number of carbonyl (C=O) groups is 2. The predicted octanol–water partition coefficient (Wildman–Crippen LogP) is 4.12.